The SMILES string of the molecule is CCN(C(=O)Cc1ccc2ccccc2c1)c1ccc(F)c(F)c1. The largest absolute Gasteiger partial charge is 0.312 e. The minimum atomic E-state index is -0.954. The van der Waals surface area contributed by atoms with Crippen molar-refractivity contribution >= 4 is 22.4 Å². The van der Waals surface area contributed by atoms with Gasteiger partial charge in [0, 0.05) is 18.3 Å². The van der Waals surface area contributed by atoms with Crippen LogP contribution in [-0.4, -0.2) is 12.5 Å². The molecule has 0 aliphatic rings. The van der Waals surface area contributed by atoms with E-state index < -0.39 is 11.6 Å². The molecule has 122 valence electrons. The van der Waals surface area contributed by atoms with E-state index in [0.717, 1.165) is 28.5 Å². The van der Waals surface area contributed by atoms with E-state index in [4.69, 9.17) is 0 Å². The fourth-order valence-corrected chi connectivity index (χ4v) is 2.77. The van der Waals surface area contributed by atoms with Gasteiger partial charge < -0.3 is 4.90 Å². The van der Waals surface area contributed by atoms with Crippen molar-refractivity contribution in [2.45, 2.75) is 13.3 Å². The summed E-state index contributed by atoms with van der Waals surface area (Å²) in [6.07, 6.45) is 0.206. The summed E-state index contributed by atoms with van der Waals surface area (Å²) in [5.74, 6) is -2.03. The molecule has 0 atom stereocenters. The van der Waals surface area contributed by atoms with E-state index in [1.54, 1.807) is 6.92 Å². The van der Waals surface area contributed by atoms with Gasteiger partial charge in [-0.05, 0) is 35.4 Å². The molecule has 3 aromatic rings. The Morgan fingerprint density at radius 3 is 2.38 bits per heavy atom. The van der Waals surface area contributed by atoms with Crippen LogP contribution in [0.5, 0.6) is 0 Å². The first kappa shape index (κ1) is 16.1. The van der Waals surface area contributed by atoms with Crippen molar-refractivity contribution in [1.82, 2.24) is 0 Å². The zero-order valence-corrected chi connectivity index (χ0v) is 13.3. The molecule has 0 unspecified atom stereocenters. The molecule has 0 saturated carbocycles. The Hall–Kier alpha value is -2.75. The van der Waals surface area contributed by atoms with Crippen LogP contribution in [0.2, 0.25) is 0 Å². The summed E-state index contributed by atoms with van der Waals surface area (Å²) in [5.41, 5.74) is 1.25. The molecule has 0 radical (unpaired) electrons. The number of amides is 1. The summed E-state index contributed by atoms with van der Waals surface area (Å²) < 4.78 is 26.5. The highest BCUT2D eigenvalue weighted by Gasteiger charge is 2.16. The Morgan fingerprint density at radius 2 is 1.67 bits per heavy atom. The van der Waals surface area contributed by atoms with Gasteiger partial charge in [0.25, 0.3) is 0 Å². The van der Waals surface area contributed by atoms with Crippen molar-refractivity contribution in [1.29, 1.82) is 0 Å². The first-order valence-electron chi connectivity index (χ1n) is 7.81. The van der Waals surface area contributed by atoms with E-state index in [1.165, 1.54) is 11.0 Å². The maximum absolute atomic E-state index is 13.4. The summed E-state index contributed by atoms with van der Waals surface area (Å²) >= 11 is 0. The van der Waals surface area contributed by atoms with Crippen molar-refractivity contribution in [3.63, 3.8) is 0 Å². The van der Waals surface area contributed by atoms with Crippen molar-refractivity contribution in [2.75, 3.05) is 11.4 Å². The van der Waals surface area contributed by atoms with Crippen LogP contribution in [0.1, 0.15) is 12.5 Å². The number of hydrogen-bond donors (Lipinski definition) is 0. The highest BCUT2D eigenvalue weighted by molar-refractivity contribution is 5.95. The third-order valence-corrected chi connectivity index (χ3v) is 4.00. The van der Waals surface area contributed by atoms with E-state index >= 15 is 0 Å². The smallest absolute Gasteiger partial charge is 0.231 e. The van der Waals surface area contributed by atoms with Crippen molar-refractivity contribution in [3.05, 3.63) is 77.9 Å². The van der Waals surface area contributed by atoms with Gasteiger partial charge in [-0.15, -0.1) is 0 Å². The molecule has 24 heavy (non-hydrogen) atoms. The standard InChI is InChI=1S/C20H17F2NO/c1-2-23(17-9-10-18(21)19(22)13-17)20(24)12-14-7-8-15-5-3-4-6-16(15)11-14/h3-11,13H,2,12H2,1H3. The van der Waals surface area contributed by atoms with Gasteiger partial charge in [0.15, 0.2) is 11.6 Å². The number of hydrogen-bond acceptors (Lipinski definition) is 1. The van der Waals surface area contributed by atoms with Crippen LogP contribution >= 0.6 is 0 Å². The molecule has 0 aliphatic carbocycles. The lowest BCUT2D eigenvalue weighted by molar-refractivity contribution is -0.117. The van der Waals surface area contributed by atoms with Gasteiger partial charge in [-0.1, -0.05) is 42.5 Å². The Balaban J connectivity index is 1.84. The monoisotopic (exact) mass is 325 g/mol. The van der Waals surface area contributed by atoms with Gasteiger partial charge in [-0.2, -0.15) is 0 Å². The van der Waals surface area contributed by atoms with Crippen LogP contribution in [0.3, 0.4) is 0 Å². The number of fused-ring (bicyclic) bond motifs is 1. The number of nitrogens with zero attached hydrogens (tertiary/aromatic N) is 1. The Labute approximate surface area is 139 Å². The molecule has 4 heteroatoms. The normalized spacial score (nSPS) is 10.8. The number of likely N-dealkylation sites (N-methyl/N-ethyl adjacent to an activating group) is 1. The molecule has 1 amide bonds. The lowest BCUT2D eigenvalue weighted by Gasteiger charge is -2.21. The maximum Gasteiger partial charge on any atom is 0.231 e. The van der Waals surface area contributed by atoms with Crippen molar-refractivity contribution in [2.24, 2.45) is 0 Å². The minimum absolute atomic E-state index is 0.154. The molecule has 0 N–H and O–H groups in total. The maximum atomic E-state index is 13.4. The van der Waals surface area contributed by atoms with Crippen molar-refractivity contribution in [3.8, 4) is 0 Å². The molecular weight excluding hydrogens is 308 g/mol. The fourth-order valence-electron chi connectivity index (χ4n) is 2.77. The van der Waals surface area contributed by atoms with Crippen molar-refractivity contribution < 1.29 is 13.6 Å². The molecule has 0 spiro atoms. The highest BCUT2D eigenvalue weighted by Crippen LogP contribution is 2.20. The molecular formula is C20H17F2NO. The lowest BCUT2D eigenvalue weighted by Crippen LogP contribution is -2.32. The van der Waals surface area contributed by atoms with Gasteiger partial charge in [0.05, 0.1) is 6.42 Å². The average molecular weight is 325 g/mol. The van der Waals surface area contributed by atoms with Crippen LogP contribution in [0.25, 0.3) is 10.8 Å². The molecule has 2 nitrogen and oxygen atoms in total. The molecule has 0 saturated heterocycles. The second-order valence-corrected chi connectivity index (χ2v) is 5.59. The molecule has 0 aromatic heterocycles. The van der Waals surface area contributed by atoms with Gasteiger partial charge in [0.2, 0.25) is 5.91 Å². The van der Waals surface area contributed by atoms with E-state index in [9.17, 15) is 13.6 Å². The minimum Gasteiger partial charge on any atom is -0.312 e. The van der Waals surface area contributed by atoms with E-state index in [1.807, 2.05) is 42.5 Å². The lowest BCUT2D eigenvalue weighted by atomic mass is 10.0. The third-order valence-electron chi connectivity index (χ3n) is 4.00. The predicted molar refractivity (Wildman–Crippen MR) is 92.0 cm³/mol. The molecule has 3 aromatic carbocycles. The number of halogens is 2. The van der Waals surface area contributed by atoms with Crippen LogP contribution in [0, 0.1) is 11.6 Å². The van der Waals surface area contributed by atoms with Crippen LogP contribution < -0.4 is 4.90 Å². The third kappa shape index (κ3) is 3.27. The molecule has 0 aliphatic heterocycles. The van der Waals surface area contributed by atoms with Gasteiger partial charge in [-0.3, -0.25) is 4.79 Å². The quantitative estimate of drug-likeness (QED) is 0.680. The summed E-state index contributed by atoms with van der Waals surface area (Å²) in [7, 11) is 0. The fraction of sp³-hybridized carbons (Fsp3) is 0.150. The first-order chi connectivity index (χ1) is 11.6. The summed E-state index contributed by atoms with van der Waals surface area (Å²) in [6, 6.07) is 17.3. The topological polar surface area (TPSA) is 20.3 Å². The number of anilines is 1. The Bertz CT molecular complexity index is 892. The van der Waals surface area contributed by atoms with Gasteiger partial charge in [0.1, 0.15) is 0 Å². The summed E-state index contributed by atoms with van der Waals surface area (Å²) in [4.78, 5) is 14.0. The Morgan fingerprint density at radius 1 is 0.917 bits per heavy atom. The highest BCUT2D eigenvalue weighted by atomic mass is 19.2. The number of carbonyl (C=O) groups excluding carboxylic acids is 1. The molecule has 0 fully saturated rings. The summed E-state index contributed by atoms with van der Waals surface area (Å²) in [6.45, 7) is 2.19. The summed E-state index contributed by atoms with van der Waals surface area (Å²) in [5, 5.41) is 2.18. The molecule has 3 rings (SSSR count). The Kier molecular flexibility index (Phi) is 4.56. The van der Waals surface area contributed by atoms with Crippen LogP contribution in [0.4, 0.5) is 14.5 Å². The molecule has 0 heterocycles. The van der Waals surface area contributed by atoms with E-state index in [-0.39, 0.29) is 12.3 Å². The van der Waals surface area contributed by atoms with E-state index in [2.05, 4.69) is 0 Å². The zero-order chi connectivity index (χ0) is 17.1. The number of carbonyl (C=O) groups is 1. The average Bonchev–Trinajstić information content (AvgIpc) is 2.58. The predicted octanol–water partition coefficient (Wildman–Crippen LogP) is 4.71. The molecule has 0 bridgehead atoms. The van der Waals surface area contributed by atoms with E-state index in [0.29, 0.717) is 12.2 Å². The van der Waals surface area contributed by atoms with Crippen LogP contribution in [0.15, 0.2) is 60.7 Å². The zero-order valence-electron chi connectivity index (χ0n) is 13.3. The van der Waals surface area contributed by atoms with Gasteiger partial charge in [-0.25, -0.2) is 8.78 Å². The first-order valence-corrected chi connectivity index (χ1v) is 7.81. The number of benzene rings is 3. The second kappa shape index (κ2) is 6.79. The number of rotatable bonds is 4. The second-order valence-electron chi connectivity index (χ2n) is 5.59. The van der Waals surface area contributed by atoms with Crippen LogP contribution in [-0.2, 0) is 11.2 Å². The van der Waals surface area contributed by atoms with Gasteiger partial charge >= 0.3 is 0 Å².